The van der Waals surface area contributed by atoms with E-state index in [2.05, 4.69) is 50.7 Å². The van der Waals surface area contributed by atoms with Gasteiger partial charge in [-0.25, -0.2) is 9.79 Å². The van der Waals surface area contributed by atoms with Gasteiger partial charge in [0, 0.05) is 17.2 Å². The highest BCUT2D eigenvalue weighted by Gasteiger charge is 2.27. The van der Waals surface area contributed by atoms with Crippen LogP contribution in [0.2, 0.25) is 0 Å². The second-order valence-electron chi connectivity index (χ2n) is 7.06. The van der Waals surface area contributed by atoms with Crippen LogP contribution in [0.15, 0.2) is 50.0 Å². The van der Waals surface area contributed by atoms with Gasteiger partial charge in [-0.1, -0.05) is 19.9 Å². The zero-order chi connectivity index (χ0) is 22.0. The van der Waals surface area contributed by atoms with E-state index in [1.807, 2.05) is 12.1 Å². The quantitative estimate of drug-likeness (QED) is 0.201. The van der Waals surface area contributed by atoms with Crippen molar-refractivity contribution in [3.63, 3.8) is 0 Å². The van der Waals surface area contributed by atoms with Crippen molar-refractivity contribution in [2.24, 2.45) is 10.9 Å². The number of carbonyl (C=O) groups is 1. The van der Waals surface area contributed by atoms with E-state index < -0.39 is 10.9 Å². The normalized spacial score (nSPS) is 14.8. The summed E-state index contributed by atoms with van der Waals surface area (Å²) in [6, 6.07) is 8.18. The fourth-order valence-corrected chi connectivity index (χ4v) is 4.24. The lowest BCUT2D eigenvalue weighted by Gasteiger charge is -2.13. The molecule has 7 nitrogen and oxygen atoms in total. The highest BCUT2D eigenvalue weighted by atomic mass is 79.9. The number of hydrogen-bond donors (Lipinski definition) is 0. The van der Waals surface area contributed by atoms with Crippen LogP contribution in [0.5, 0.6) is 5.75 Å². The number of rotatable bonds is 6. The Kier molecular flexibility index (Phi) is 6.72. The van der Waals surface area contributed by atoms with E-state index in [9.17, 15) is 14.9 Å². The van der Waals surface area contributed by atoms with Gasteiger partial charge < -0.3 is 9.47 Å². The summed E-state index contributed by atoms with van der Waals surface area (Å²) >= 11 is 6.98. The fourth-order valence-electron chi connectivity index (χ4n) is 2.79. The second-order valence-corrected chi connectivity index (χ2v) is 8.77. The summed E-state index contributed by atoms with van der Waals surface area (Å²) in [4.78, 5) is 27.3. The minimum absolute atomic E-state index is 0.0440. The standard InChI is InChI=1S/C21H18Br2N2O5/c1-11(2)10-29-19-15(22)7-13(8-16(19)23)9-17-21(26)30-20(24-17)14-5-4-6-18(12(14)3)25(27)28/h4-9,11H,10H2,1-3H3/b17-9-. The number of hydrogen-bond acceptors (Lipinski definition) is 6. The van der Waals surface area contributed by atoms with Crippen LogP contribution in [0.3, 0.4) is 0 Å². The van der Waals surface area contributed by atoms with Gasteiger partial charge >= 0.3 is 5.97 Å². The van der Waals surface area contributed by atoms with Crippen LogP contribution in [-0.4, -0.2) is 23.4 Å². The van der Waals surface area contributed by atoms with Crippen molar-refractivity contribution >= 4 is 55.5 Å². The topological polar surface area (TPSA) is 91.0 Å². The van der Waals surface area contributed by atoms with E-state index in [0.717, 1.165) is 8.95 Å². The fraction of sp³-hybridized carbons (Fsp3) is 0.238. The summed E-state index contributed by atoms with van der Waals surface area (Å²) in [6.07, 6.45) is 1.59. The van der Waals surface area contributed by atoms with E-state index in [0.29, 0.717) is 35.0 Å². The summed E-state index contributed by atoms with van der Waals surface area (Å²) in [5.74, 6) is 0.478. The number of nitro benzene ring substituents is 1. The molecule has 156 valence electrons. The summed E-state index contributed by atoms with van der Waals surface area (Å²) in [5, 5.41) is 11.2. The van der Waals surface area contributed by atoms with E-state index in [1.54, 1.807) is 19.1 Å². The second kappa shape index (κ2) is 9.09. The number of cyclic esters (lactones) is 1. The third kappa shape index (κ3) is 4.79. The molecule has 30 heavy (non-hydrogen) atoms. The monoisotopic (exact) mass is 536 g/mol. The minimum Gasteiger partial charge on any atom is -0.491 e. The zero-order valence-electron chi connectivity index (χ0n) is 16.4. The first-order valence-corrected chi connectivity index (χ1v) is 10.6. The van der Waals surface area contributed by atoms with E-state index in [1.165, 1.54) is 12.1 Å². The van der Waals surface area contributed by atoms with Crippen LogP contribution in [0.25, 0.3) is 6.08 Å². The number of esters is 1. The van der Waals surface area contributed by atoms with Crippen LogP contribution >= 0.6 is 31.9 Å². The molecule has 0 aromatic heterocycles. The molecule has 0 saturated carbocycles. The van der Waals surface area contributed by atoms with E-state index in [-0.39, 0.29) is 17.3 Å². The van der Waals surface area contributed by atoms with Crippen molar-refractivity contribution in [2.45, 2.75) is 20.8 Å². The predicted octanol–water partition coefficient (Wildman–Crippen LogP) is 5.81. The molecule has 2 aromatic carbocycles. The maximum atomic E-state index is 12.3. The molecule has 2 aromatic rings. The molecule has 0 unspecified atom stereocenters. The molecule has 0 aliphatic carbocycles. The van der Waals surface area contributed by atoms with E-state index >= 15 is 0 Å². The molecule has 1 aliphatic heterocycles. The Hall–Kier alpha value is -2.52. The molecule has 0 bridgehead atoms. The van der Waals surface area contributed by atoms with Crippen molar-refractivity contribution in [2.75, 3.05) is 6.61 Å². The van der Waals surface area contributed by atoms with Crippen LogP contribution in [0.1, 0.15) is 30.5 Å². The lowest BCUT2D eigenvalue weighted by molar-refractivity contribution is -0.385. The first kappa shape index (κ1) is 22.2. The van der Waals surface area contributed by atoms with Crippen molar-refractivity contribution < 1.29 is 19.2 Å². The number of carbonyl (C=O) groups excluding carboxylic acids is 1. The molecular formula is C21H18Br2N2O5. The smallest absolute Gasteiger partial charge is 0.363 e. The molecule has 9 heteroatoms. The lowest BCUT2D eigenvalue weighted by Crippen LogP contribution is -2.08. The molecule has 0 spiro atoms. The van der Waals surface area contributed by atoms with Gasteiger partial charge in [0.25, 0.3) is 5.69 Å². The summed E-state index contributed by atoms with van der Waals surface area (Å²) < 4.78 is 12.5. The first-order chi connectivity index (χ1) is 14.2. The van der Waals surface area contributed by atoms with E-state index in [4.69, 9.17) is 9.47 Å². The van der Waals surface area contributed by atoms with Crippen molar-refractivity contribution in [1.29, 1.82) is 0 Å². The maximum absolute atomic E-state index is 12.3. The number of benzene rings is 2. The molecule has 0 atom stereocenters. The molecule has 1 heterocycles. The van der Waals surface area contributed by atoms with Crippen molar-refractivity contribution in [3.8, 4) is 5.75 Å². The predicted molar refractivity (Wildman–Crippen MR) is 121 cm³/mol. The third-order valence-corrected chi connectivity index (χ3v) is 5.42. The first-order valence-electron chi connectivity index (χ1n) is 9.06. The highest BCUT2D eigenvalue weighted by Crippen LogP contribution is 2.36. The Morgan fingerprint density at radius 3 is 2.53 bits per heavy atom. The molecule has 0 amide bonds. The minimum atomic E-state index is -0.622. The molecule has 0 fully saturated rings. The Labute approximate surface area is 190 Å². The molecule has 1 aliphatic rings. The Morgan fingerprint density at radius 1 is 1.27 bits per heavy atom. The largest absolute Gasteiger partial charge is 0.491 e. The van der Waals surface area contributed by atoms with Crippen LogP contribution < -0.4 is 4.74 Å². The van der Waals surface area contributed by atoms with Gasteiger partial charge in [-0.3, -0.25) is 10.1 Å². The average molecular weight is 538 g/mol. The average Bonchev–Trinajstić information content (AvgIpc) is 3.01. The van der Waals surface area contributed by atoms with Gasteiger partial charge in [0.2, 0.25) is 5.90 Å². The number of halogens is 2. The number of aliphatic imine (C=N–C) groups is 1. The molecule has 0 radical (unpaired) electrons. The Bertz CT molecular complexity index is 1070. The molecule has 0 saturated heterocycles. The van der Waals surface area contributed by atoms with Crippen molar-refractivity contribution in [1.82, 2.24) is 0 Å². The molecule has 3 rings (SSSR count). The van der Waals surface area contributed by atoms with Gasteiger partial charge in [0.1, 0.15) is 5.75 Å². The van der Waals surface area contributed by atoms with Gasteiger partial charge in [0.15, 0.2) is 5.70 Å². The van der Waals surface area contributed by atoms with Gasteiger partial charge in [-0.05, 0) is 74.5 Å². The molecule has 0 N–H and O–H groups in total. The van der Waals surface area contributed by atoms with Gasteiger partial charge in [-0.2, -0.15) is 0 Å². The van der Waals surface area contributed by atoms with Crippen molar-refractivity contribution in [3.05, 3.63) is 71.8 Å². The Morgan fingerprint density at radius 2 is 1.93 bits per heavy atom. The van der Waals surface area contributed by atoms with Crippen LogP contribution in [0, 0.1) is 23.0 Å². The number of ether oxygens (including phenoxy) is 2. The SMILES string of the molecule is Cc1c(C2=N/C(=C\c3cc(Br)c(OCC(C)C)c(Br)c3)C(=O)O2)cccc1[N+](=O)[O-]. The highest BCUT2D eigenvalue weighted by molar-refractivity contribution is 9.11. The summed E-state index contributed by atoms with van der Waals surface area (Å²) in [6.45, 7) is 6.28. The number of nitro groups is 1. The molecular weight excluding hydrogens is 520 g/mol. The Balaban J connectivity index is 1.94. The lowest BCUT2D eigenvalue weighted by atomic mass is 10.1. The van der Waals surface area contributed by atoms with Gasteiger partial charge in [0.05, 0.1) is 20.5 Å². The van der Waals surface area contributed by atoms with Gasteiger partial charge in [-0.15, -0.1) is 0 Å². The third-order valence-electron chi connectivity index (χ3n) is 4.24. The summed E-state index contributed by atoms with van der Waals surface area (Å²) in [5.41, 5.74) is 1.53. The summed E-state index contributed by atoms with van der Waals surface area (Å²) in [7, 11) is 0. The zero-order valence-corrected chi connectivity index (χ0v) is 19.6. The number of nitrogens with zero attached hydrogens (tertiary/aromatic N) is 2. The maximum Gasteiger partial charge on any atom is 0.363 e. The van der Waals surface area contributed by atoms with Crippen LogP contribution in [0.4, 0.5) is 5.69 Å². The van der Waals surface area contributed by atoms with Crippen LogP contribution in [-0.2, 0) is 9.53 Å².